The molecule has 0 aromatic heterocycles. The molecule has 0 radical (unpaired) electrons. The van der Waals surface area contributed by atoms with Gasteiger partial charge in [0.05, 0.1) is 6.61 Å². The van der Waals surface area contributed by atoms with Gasteiger partial charge in [-0.2, -0.15) is 0 Å². The third-order valence-corrected chi connectivity index (χ3v) is 2.20. The topological polar surface area (TPSA) is 43.4 Å². The first-order chi connectivity index (χ1) is 7.16. The van der Waals surface area contributed by atoms with Gasteiger partial charge < -0.3 is 4.74 Å². The molecule has 0 rings (SSSR count). The van der Waals surface area contributed by atoms with Gasteiger partial charge in [0.15, 0.2) is 0 Å². The molecule has 0 saturated carbocycles. The van der Waals surface area contributed by atoms with Crippen LogP contribution in [0.5, 0.6) is 0 Å². The zero-order valence-electron chi connectivity index (χ0n) is 9.26. The Hall–Kier alpha value is -0.570. The molecule has 88 valence electrons. The predicted octanol–water partition coefficient (Wildman–Crippen LogP) is 3.05. The van der Waals surface area contributed by atoms with E-state index in [2.05, 4.69) is 6.92 Å². The fourth-order valence-electron chi connectivity index (χ4n) is 1.16. The zero-order chi connectivity index (χ0) is 11.5. The molecule has 0 amide bonds. The molecule has 0 atom stereocenters. The van der Waals surface area contributed by atoms with E-state index in [0.717, 1.165) is 12.8 Å². The molecule has 0 saturated heterocycles. The van der Waals surface area contributed by atoms with Gasteiger partial charge in [-0.15, -0.1) is 0 Å². The number of unbranched alkanes of at least 4 members (excludes halogenated alkanes) is 3. The Morgan fingerprint density at radius 3 is 2.40 bits per heavy atom. The Morgan fingerprint density at radius 1 is 1.07 bits per heavy atom. The van der Waals surface area contributed by atoms with Crippen molar-refractivity contribution in [3.8, 4) is 0 Å². The van der Waals surface area contributed by atoms with Crippen LogP contribution in [0.3, 0.4) is 0 Å². The van der Waals surface area contributed by atoms with Gasteiger partial charge in [-0.1, -0.05) is 26.2 Å². The second kappa shape index (κ2) is 9.97. The minimum Gasteiger partial charge on any atom is -0.466 e. The van der Waals surface area contributed by atoms with Crippen LogP contribution in [0.15, 0.2) is 0 Å². The Morgan fingerprint density at radius 2 is 1.80 bits per heavy atom. The van der Waals surface area contributed by atoms with Crippen molar-refractivity contribution in [1.29, 1.82) is 0 Å². The number of hydrogen-bond acceptors (Lipinski definition) is 3. The van der Waals surface area contributed by atoms with E-state index in [1.54, 1.807) is 0 Å². The first kappa shape index (κ1) is 14.4. The summed E-state index contributed by atoms with van der Waals surface area (Å²) in [7, 11) is 0. The van der Waals surface area contributed by atoms with Gasteiger partial charge in [-0.3, -0.25) is 9.59 Å². The van der Waals surface area contributed by atoms with Crippen LogP contribution in [0.2, 0.25) is 0 Å². The number of carbonyl (C=O) groups is 2. The van der Waals surface area contributed by atoms with Crippen molar-refractivity contribution in [2.45, 2.75) is 51.9 Å². The van der Waals surface area contributed by atoms with Crippen LogP contribution in [0, 0.1) is 0 Å². The summed E-state index contributed by atoms with van der Waals surface area (Å²) in [6.07, 6.45) is 5.39. The lowest BCUT2D eigenvalue weighted by molar-refractivity contribution is -0.143. The lowest BCUT2D eigenvalue weighted by Gasteiger charge is -2.03. The lowest BCUT2D eigenvalue weighted by atomic mass is 10.2. The van der Waals surface area contributed by atoms with Crippen molar-refractivity contribution in [2.75, 3.05) is 6.61 Å². The van der Waals surface area contributed by atoms with Crippen molar-refractivity contribution in [2.24, 2.45) is 0 Å². The monoisotopic (exact) mass is 234 g/mol. The molecule has 0 fully saturated rings. The van der Waals surface area contributed by atoms with Gasteiger partial charge in [-0.25, -0.2) is 0 Å². The highest BCUT2D eigenvalue weighted by atomic mass is 35.5. The van der Waals surface area contributed by atoms with Crippen LogP contribution >= 0.6 is 11.6 Å². The van der Waals surface area contributed by atoms with Crippen molar-refractivity contribution in [3.63, 3.8) is 0 Å². The normalized spacial score (nSPS) is 10.0. The molecule has 0 aromatic carbocycles. The maximum atomic E-state index is 11.1. The van der Waals surface area contributed by atoms with Crippen molar-refractivity contribution < 1.29 is 14.3 Å². The average molecular weight is 235 g/mol. The summed E-state index contributed by atoms with van der Waals surface area (Å²) in [4.78, 5) is 21.5. The maximum absolute atomic E-state index is 11.1. The van der Waals surface area contributed by atoms with Gasteiger partial charge in [-0.05, 0) is 24.4 Å². The SMILES string of the molecule is CCCCCCOC(=O)CCCC(=O)Cl. The first-order valence-electron chi connectivity index (χ1n) is 5.50. The smallest absolute Gasteiger partial charge is 0.305 e. The summed E-state index contributed by atoms with van der Waals surface area (Å²) in [6.45, 7) is 2.63. The van der Waals surface area contributed by atoms with E-state index >= 15 is 0 Å². The number of ether oxygens (including phenoxy) is 1. The molecule has 15 heavy (non-hydrogen) atoms. The number of esters is 1. The molecule has 0 unspecified atom stereocenters. The van der Waals surface area contributed by atoms with Gasteiger partial charge in [0, 0.05) is 12.8 Å². The Bertz CT molecular complexity index is 192. The van der Waals surface area contributed by atoms with Crippen LogP contribution in [-0.2, 0) is 14.3 Å². The zero-order valence-corrected chi connectivity index (χ0v) is 10.0. The highest BCUT2D eigenvalue weighted by molar-refractivity contribution is 6.63. The molecule has 3 nitrogen and oxygen atoms in total. The molecule has 0 spiro atoms. The third kappa shape index (κ3) is 11.4. The Kier molecular flexibility index (Phi) is 9.59. The molecule has 0 aliphatic rings. The second-order valence-electron chi connectivity index (χ2n) is 3.49. The van der Waals surface area contributed by atoms with E-state index in [0.29, 0.717) is 13.0 Å². The molecular formula is C11H19ClO3. The standard InChI is InChI=1S/C11H19ClO3/c1-2-3-4-5-9-15-11(14)8-6-7-10(12)13/h2-9H2,1H3. The summed E-state index contributed by atoms with van der Waals surface area (Å²) in [5.41, 5.74) is 0. The quantitative estimate of drug-likeness (QED) is 0.350. The number of hydrogen-bond donors (Lipinski definition) is 0. The van der Waals surface area contributed by atoms with E-state index in [4.69, 9.17) is 16.3 Å². The van der Waals surface area contributed by atoms with E-state index < -0.39 is 5.24 Å². The number of carbonyl (C=O) groups excluding carboxylic acids is 2. The van der Waals surface area contributed by atoms with Crippen LogP contribution in [0.1, 0.15) is 51.9 Å². The average Bonchev–Trinajstić information content (AvgIpc) is 2.17. The third-order valence-electron chi connectivity index (χ3n) is 2.02. The van der Waals surface area contributed by atoms with E-state index in [-0.39, 0.29) is 18.8 Å². The molecule has 0 aliphatic heterocycles. The molecular weight excluding hydrogens is 216 g/mol. The van der Waals surface area contributed by atoms with Gasteiger partial charge in [0.2, 0.25) is 5.24 Å². The summed E-state index contributed by atoms with van der Waals surface area (Å²) in [6, 6.07) is 0. The van der Waals surface area contributed by atoms with Crippen LogP contribution in [0.25, 0.3) is 0 Å². The van der Waals surface area contributed by atoms with E-state index in [9.17, 15) is 9.59 Å². The lowest BCUT2D eigenvalue weighted by Crippen LogP contribution is -2.06. The Balaban J connectivity index is 3.22. The molecule has 0 aliphatic carbocycles. The highest BCUT2D eigenvalue weighted by Crippen LogP contribution is 2.03. The van der Waals surface area contributed by atoms with E-state index in [1.165, 1.54) is 12.8 Å². The van der Waals surface area contributed by atoms with Crippen LogP contribution in [0.4, 0.5) is 0 Å². The Labute approximate surface area is 96.1 Å². The van der Waals surface area contributed by atoms with Crippen molar-refractivity contribution in [3.05, 3.63) is 0 Å². The maximum Gasteiger partial charge on any atom is 0.305 e. The molecule has 0 N–H and O–H groups in total. The molecule has 0 bridgehead atoms. The van der Waals surface area contributed by atoms with Crippen molar-refractivity contribution >= 4 is 22.8 Å². The minimum absolute atomic E-state index is 0.232. The highest BCUT2D eigenvalue weighted by Gasteiger charge is 2.04. The summed E-state index contributed by atoms with van der Waals surface area (Å²) in [5, 5.41) is -0.397. The fraction of sp³-hybridized carbons (Fsp3) is 0.818. The van der Waals surface area contributed by atoms with Gasteiger partial charge in [0.25, 0.3) is 0 Å². The summed E-state index contributed by atoms with van der Waals surface area (Å²) < 4.78 is 4.98. The van der Waals surface area contributed by atoms with Crippen LogP contribution < -0.4 is 0 Å². The summed E-state index contributed by atoms with van der Waals surface area (Å²) >= 11 is 5.13. The first-order valence-corrected chi connectivity index (χ1v) is 5.88. The fourth-order valence-corrected chi connectivity index (χ4v) is 1.29. The van der Waals surface area contributed by atoms with Crippen molar-refractivity contribution in [1.82, 2.24) is 0 Å². The van der Waals surface area contributed by atoms with Gasteiger partial charge >= 0.3 is 5.97 Å². The molecule has 0 aromatic rings. The second-order valence-corrected chi connectivity index (χ2v) is 3.91. The molecule has 4 heteroatoms. The van der Waals surface area contributed by atoms with E-state index in [1.807, 2.05) is 0 Å². The van der Waals surface area contributed by atoms with Gasteiger partial charge in [0.1, 0.15) is 0 Å². The largest absolute Gasteiger partial charge is 0.466 e. The predicted molar refractivity (Wildman–Crippen MR) is 59.8 cm³/mol. The summed E-state index contributed by atoms with van der Waals surface area (Å²) in [5.74, 6) is -0.232. The minimum atomic E-state index is -0.397. The number of rotatable bonds is 9. The number of halogens is 1. The van der Waals surface area contributed by atoms with Crippen LogP contribution in [-0.4, -0.2) is 17.8 Å². The molecule has 0 heterocycles.